The standard InChI is InChI=1S/C12H23N3/c1-10(2)15-11(3)6-8-14(4)9-12(15)5-7-13/h10-12H,5-6,8-9H2,1-4H3. The summed E-state index contributed by atoms with van der Waals surface area (Å²) in [5.74, 6) is 0. The third-order valence-electron chi connectivity index (χ3n) is 3.30. The molecule has 0 aromatic rings. The first-order valence-electron chi connectivity index (χ1n) is 5.89. The van der Waals surface area contributed by atoms with Crippen LogP contribution in [0.2, 0.25) is 0 Å². The van der Waals surface area contributed by atoms with Gasteiger partial charge in [-0.05, 0) is 40.8 Å². The first-order chi connectivity index (χ1) is 7.06. The van der Waals surface area contributed by atoms with Crippen molar-refractivity contribution in [2.24, 2.45) is 0 Å². The molecule has 2 atom stereocenters. The topological polar surface area (TPSA) is 30.3 Å². The van der Waals surface area contributed by atoms with E-state index < -0.39 is 0 Å². The van der Waals surface area contributed by atoms with Gasteiger partial charge in [0.1, 0.15) is 0 Å². The van der Waals surface area contributed by atoms with Crippen LogP contribution in [-0.2, 0) is 0 Å². The highest BCUT2D eigenvalue weighted by molar-refractivity contribution is 4.90. The maximum absolute atomic E-state index is 8.89. The first-order valence-corrected chi connectivity index (χ1v) is 5.89. The van der Waals surface area contributed by atoms with Crippen molar-refractivity contribution in [2.45, 2.75) is 51.7 Å². The van der Waals surface area contributed by atoms with Crippen molar-refractivity contribution < 1.29 is 0 Å². The molecule has 0 aromatic carbocycles. The molecular weight excluding hydrogens is 186 g/mol. The zero-order valence-corrected chi connectivity index (χ0v) is 10.4. The molecule has 1 fully saturated rings. The Balaban J connectivity index is 2.79. The minimum Gasteiger partial charge on any atom is -0.305 e. The third kappa shape index (κ3) is 3.19. The van der Waals surface area contributed by atoms with E-state index in [0.29, 0.717) is 24.5 Å². The van der Waals surface area contributed by atoms with Gasteiger partial charge >= 0.3 is 0 Å². The van der Waals surface area contributed by atoms with Gasteiger partial charge < -0.3 is 4.90 Å². The van der Waals surface area contributed by atoms with Gasteiger partial charge in [-0.3, -0.25) is 4.90 Å². The average Bonchev–Trinajstić information content (AvgIpc) is 2.26. The number of hydrogen-bond acceptors (Lipinski definition) is 3. The molecule has 0 N–H and O–H groups in total. The normalized spacial score (nSPS) is 30.1. The summed E-state index contributed by atoms with van der Waals surface area (Å²) in [6.45, 7) is 8.91. The molecule has 0 spiro atoms. The van der Waals surface area contributed by atoms with Gasteiger partial charge in [0.2, 0.25) is 0 Å². The zero-order chi connectivity index (χ0) is 11.4. The van der Waals surface area contributed by atoms with Crippen molar-refractivity contribution in [3.8, 4) is 6.07 Å². The number of likely N-dealkylation sites (N-methyl/N-ethyl adjacent to an activating group) is 1. The highest BCUT2D eigenvalue weighted by Crippen LogP contribution is 2.20. The molecule has 0 aliphatic carbocycles. The molecule has 1 saturated heterocycles. The summed E-state index contributed by atoms with van der Waals surface area (Å²) in [6.07, 6.45) is 1.85. The Kier molecular flexibility index (Phi) is 4.56. The van der Waals surface area contributed by atoms with E-state index in [1.54, 1.807) is 0 Å². The van der Waals surface area contributed by atoms with Crippen LogP contribution in [0.3, 0.4) is 0 Å². The van der Waals surface area contributed by atoms with Crippen LogP contribution in [0.15, 0.2) is 0 Å². The van der Waals surface area contributed by atoms with E-state index in [9.17, 15) is 0 Å². The molecule has 0 aromatic heterocycles. The summed E-state index contributed by atoms with van der Waals surface area (Å²) < 4.78 is 0. The Morgan fingerprint density at radius 1 is 1.47 bits per heavy atom. The van der Waals surface area contributed by atoms with Gasteiger partial charge in [0, 0.05) is 24.7 Å². The minimum atomic E-state index is 0.400. The van der Waals surface area contributed by atoms with E-state index in [0.717, 1.165) is 13.1 Å². The molecule has 0 bridgehead atoms. The molecule has 0 radical (unpaired) electrons. The van der Waals surface area contributed by atoms with Gasteiger partial charge in [-0.15, -0.1) is 0 Å². The Labute approximate surface area is 93.7 Å². The van der Waals surface area contributed by atoms with Gasteiger partial charge in [-0.25, -0.2) is 0 Å². The molecule has 1 aliphatic heterocycles. The van der Waals surface area contributed by atoms with Gasteiger partial charge in [-0.1, -0.05) is 0 Å². The maximum atomic E-state index is 8.89. The van der Waals surface area contributed by atoms with Crippen molar-refractivity contribution in [1.29, 1.82) is 5.26 Å². The molecule has 1 aliphatic rings. The number of rotatable bonds is 2. The smallest absolute Gasteiger partial charge is 0.0638 e. The fraction of sp³-hybridized carbons (Fsp3) is 0.917. The molecule has 3 nitrogen and oxygen atoms in total. The molecule has 1 rings (SSSR count). The van der Waals surface area contributed by atoms with Crippen LogP contribution in [0.25, 0.3) is 0 Å². The second-order valence-corrected chi connectivity index (χ2v) is 4.96. The van der Waals surface area contributed by atoms with Crippen LogP contribution in [0.4, 0.5) is 0 Å². The predicted molar refractivity (Wildman–Crippen MR) is 62.6 cm³/mol. The van der Waals surface area contributed by atoms with Gasteiger partial charge in [0.05, 0.1) is 12.5 Å². The molecule has 0 saturated carbocycles. The van der Waals surface area contributed by atoms with Crippen molar-refractivity contribution in [2.75, 3.05) is 20.1 Å². The molecular formula is C12H23N3. The van der Waals surface area contributed by atoms with Gasteiger partial charge in [0.15, 0.2) is 0 Å². The van der Waals surface area contributed by atoms with Crippen LogP contribution in [0.5, 0.6) is 0 Å². The van der Waals surface area contributed by atoms with E-state index in [4.69, 9.17) is 5.26 Å². The third-order valence-corrected chi connectivity index (χ3v) is 3.30. The van der Waals surface area contributed by atoms with E-state index in [1.807, 2.05) is 0 Å². The molecule has 86 valence electrons. The maximum Gasteiger partial charge on any atom is 0.0638 e. The minimum absolute atomic E-state index is 0.400. The van der Waals surface area contributed by atoms with Gasteiger partial charge in [0.25, 0.3) is 0 Å². The van der Waals surface area contributed by atoms with E-state index in [1.165, 1.54) is 6.42 Å². The lowest BCUT2D eigenvalue weighted by atomic mass is 10.1. The quantitative estimate of drug-likeness (QED) is 0.693. The van der Waals surface area contributed by atoms with Gasteiger partial charge in [-0.2, -0.15) is 5.26 Å². The summed E-state index contributed by atoms with van der Waals surface area (Å²) in [5, 5.41) is 8.89. The molecule has 1 heterocycles. The predicted octanol–water partition coefficient (Wildman–Crippen LogP) is 1.70. The Hall–Kier alpha value is -0.590. The van der Waals surface area contributed by atoms with Crippen molar-refractivity contribution in [3.63, 3.8) is 0 Å². The summed E-state index contributed by atoms with van der Waals surface area (Å²) in [5.41, 5.74) is 0. The first kappa shape index (κ1) is 12.5. The lowest BCUT2D eigenvalue weighted by molar-refractivity contribution is 0.108. The fourth-order valence-corrected chi connectivity index (χ4v) is 2.67. The Morgan fingerprint density at radius 2 is 2.13 bits per heavy atom. The summed E-state index contributed by atoms with van der Waals surface area (Å²) in [7, 11) is 2.15. The molecule has 0 amide bonds. The SMILES string of the molecule is CC(C)N1C(C)CCN(C)CC1CC#N. The van der Waals surface area contributed by atoms with Crippen molar-refractivity contribution in [3.05, 3.63) is 0 Å². The lowest BCUT2D eigenvalue weighted by Crippen LogP contribution is -2.47. The number of nitriles is 1. The van der Waals surface area contributed by atoms with E-state index in [2.05, 4.69) is 43.7 Å². The van der Waals surface area contributed by atoms with Crippen LogP contribution in [-0.4, -0.2) is 48.1 Å². The Morgan fingerprint density at radius 3 is 2.67 bits per heavy atom. The van der Waals surface area contributed by atoms with Crippen molar-refractivity contribution >= 4 is 0 Å². The lowest BCUT2D eigenvalue weighted by Gasteiger charge is -2.37. The average molecular weight is 209 g/mol. The van der Waals surface area contributed by atoms with Crippen LogP contribution in [0, 0.1) is 11.3 Å². The summed E-state index contributed by atoms with van der Waals surface area (Å²) in [6, 6.07) is 3.85. The fourth-order valence-electron chi connectivity index (χ4n) is 2.67. The van der Waals surface area contributed by atoms with Crippen LogP contribution < -0.4 is 0 Å². The van der Waals surface area contributed by atoms with E-state index >= 15 is 0 Å². The molecule has 2 unspecified atom stereocenters. The van der Waals surface area contributed by atoms with Crippen molar-refractivity contribution in [1.82, 2.24) is 9.80 Å². The zero-order valence-electron chi connectivity index (χ0n) is 10.4. The summed E-state index contributed by atoms with van der Waals surface area (Å²) >= 11 is 0. The molecule has 15 heavy (non-hydrogen) atoms. The second-order valence-electron chi connectivity index (χ2n) is 4.96. The summed E-state index contributed by atoms with van der Waals surface area (Å²) in [4.78, 5) is 4.85. The highest BCUT2D eigenvalue weighted by Gasteiger charge is 2.29. The largest absolute Gasteiger partial charge is 0.305 e. The van der Waals surface area contributed by atoms with E-state index in [-0.39, 0.29) is 0 Å². The van der Waals surface area contributed by atoms with Crippen LogP contribution >= 0.6 is 0 Å². The highest BCUT2D eigenvalue weighted by atomic mass is 15.3. The number of nitrogens with zero attached hydrogens (tertiary/aromatic N) is 3. The van der Waals surface area contributed by atoms with Crippen LogP contribution in [0.1, 0.15) is 33.6 Å². The Bertz CT molecular complexity index is 232. The molecule has 3 heteroatoms. The number of hydrogen-bond donors (Lipinski definition) is 0. The monoisotopic (exact) mass is 209 g/mol. The second kappa shape index (κ2) is 5.48.